The molecule has 2 fully saturated rings. The molecule has 0 aromatic heterocycles. The quantitative estimate of drug-likeness (QED) is 0.269. The number of hydrogen-bond acceptors (Lipinski definition) is 6. The van der Waals surface area contributed by atoms with Gasteiger partial charge in [0.25, 0.3) is 5.69 Å². The molecule has 3 aliphatic carbocycles. The van der Waals surface area contributed by atoms with E-state index in [0.717, 1.165) is 18.4 Å². The van der Waals surface area contributed by atoms with Gasteiger partial charge >= 0.3 is 0 Å². The average molecular weight is 539 g/mol. The van der Waals surface area contributed by atoms with Gasteiger partial charge in [-0.05, 0) is 42.2 Å². The number of sulfonamides is 1. The van der Waals surface area contributed by atoms with E-state index in [9.17, 15) is 23.3 Å². The van der Waals surface area contributed by atoms with E-state index in [4.69, 9.17) is 11.6 Å². The van der Waals surface area contributed by atoms with Crippen LogP contribution >= 0.6 is 11.6 Å². The van der Waals surface area contributed by atoms with Crippen LogP contribution in [0.3, 0.4) is 0 Å². The molecular formula is C25H35ClN4O5S. The zero-order valence-corrected chi connectivity index (χ0v) is 22.7. The number of nitro benzene ring substituents is 1. The van der Waals surface area contributed by atoms with Crippen LogP contribution in [0.5, 0.6) is 0 Å². The lowest BCUT2D eigenvalue weighted by molar-refractivity contribution is -0.384. The van der Waals surface area contributed by atoms with Crippen molar-refractivity contribution in [1.82, 2.24) is 14.1 Å². The second-order valence-electron chi connectivity index (χ2n) is 10.6. The summed E-state index contributed by atoms with van der Waals surface area (Å²) in [5.41, 5.74) is 1.28. The Kier molecular flexibility index (Phi) is 7.81. The monoisotopic (exact) mass is 538 g/mol. The SMILES string of the molecule is CCC(=O)N(CCN1CCN(S(=O)(=O)c2ccc(Cl)c([N+](=O)[O-])c2)CC1)CC1=CCC2CC1C2(C)C. The highest BCUT2D eigenvalue weighted by atomic mass is 35.5. The van der Waals surface area contributed by atoms with Crippen molar-refractivity contribution in [2.24, 2.45) is 17.3 Å². The summed E-state index contributed by atoms with van der Waals surface area (Å²) in [6.45, 7) is 10.1. The number of amides is 1. The number of fused-ring (bicyclic) bond motifs is 1. The van der Waals surface area contributed by atoms with Crippen LogP contribution in [-0.2, 0) is 14.8 Å². The third kappa shape index (κ3) is 5.18. The second-order valence-corrected chi connectivity index (χ2v) is 13.0. The van der Waals surface area contributed by atoms with E-state index in [1.165, 1.54) is 28.4 Å². The maximum absolute atomic E-state index is 13.1. The summed E-state index contributed by atoms with van der Waals surface area (Å²) >= 11 is 5.84. The minimum absolute atomic E-state index is 0.0976. The molecule has 1 saturated carbocycles. The first kappa shape index (κ1) is 27.0. The van der Waals surface area contributed by atoms with Gasteiger partial charge < -0.3 is 4.90 Å². The molecule has 1 amide bonds. The lowest BCUT2D eigenvalue weighted by Gasteiger charge is -2.57. The van der Waals surface area contributed by atoms with Crippen LogP contribution in [0, 0.1) is 27.4 Å². The second kappa shape index (κ2) is 10.4. The number of allylic oxidation sites excluding steroid dienone is 1. The fourth-order valence-electron chi connectivity index (χ4n) is 5.79. The van der Waals surface area contributed by atoms with E-state index >= 15 is 0 Å². The number of rotatable bonds is 9. The number of nitrogens with zero attached hydrogens (tertiary/aromatic N) is 4. The Morgan fingerprint density at radius 1 is 1.25 bits per heavy atom. The largest absolute Gasteiger partial charge is 0.337 e. The number of halogens is 1. The smallest absolute Gasteiger partial charge is 0.289 e. The highest BCUT2D eigenvalue weighted by Crippen LogP contribution is 2.59. The Hall–Kier alpha value is -2.01. The summed E-state index contributed by atoms with van der Waals surface area (Å²) in [7, 11) is -3.87. The van der Waals surface area contributed by atoms with Crippen molar-refractivity contribution in [3.63, 3.8) is 0 Å². The van der Waals surface area contributed by atoms with E-state index in [2.05, 4.69) is 24.8 Å². The number of carbonyl (C=O) groups excluding carboxylic acids is 1. The standard InChI is InChI=1S/C25H35ClN4O5S/c1-4-24(31)28(17-18-5-6-19-15-21(18)25(19,2)3)12-9-27-10-13-29(14-11-27)36(34,35)20-7-8-22(26)23(16-20)30(32)33/h5,7-8,16,19,21H,4,6,9-15,17H2,1-3H3. The van der Waals surface area contributed by atoms with Crippen LogP contribution in [0.15, 0.2) is 34.7 Å². The molecule has 1 heterocycles. The summed E-state index contributed by atoms with van der Waals surface area (Å²) in [5, 5.41) is 11.1. The van der Waals surface area contributed by atoms with E-state index in [-0.39, 0.29) is 28.9 Å². The van der Waals surface area contributed by atoms with E-state index < -0.39 is 20.6 Å². The van der Waals surface area contributed by atoms with Gasteiger partial charge in [-0.25, -0.2) is 8.42 Å². The average Bonchev–Trinajstić information content (AvgIpc) is 2.86. The first-order valence-electron chi connectivity index (χ1n) is 12.6. The van der Waals surface area contributed by atoms with Gasteiger partial charge in [-0.3, -0.25) is 19.8 Å². The number of benzene rings is 1. The van der Waals surface area contributed by atoms with Crippen molar-refractivity contribution in [2.45, 2.75) is 44.9 Å². The molecule has 1 aromatic rings. The van der Waals surface area contributed by atoms with Crippen molar-refractivity contribution >= 4 is 33.2 Å². The topological polar surface area (TPSA) is 104 Å². The third-order valence-electron chi connectivity index (χ3n) is 8.38. The maximum atomic E-state index is 13.1. The molecule has 0 radical (unpaired) electrons. The molecule has 11 heteroatoms. The van der Waals surface area contributed by atoms with Gasteiger partial charge in [-0.1, -0.05) is 44.0 Å². The Morgan fingerprint density at radius 2 is 1.94 bits per heavy atom. The highest BCUT2D eigenvalue weighted by molar-refractivity contribution is 7.89. The van der Waals surface area contributed by atoms with Gasteiger partial charge in [0.05, 0.1) is 9.82 Å². The van der Waals surface area contributed by atoms with Crippen molar-refractivity contribution in [3.8, 4) is 0 Å². The fraction of sp³-hybridized carbons (Fsp3) is 0.640. The number of piperazine rings is 1. The van der Waals surface area contributed by atoms with E-state index in [1.54, 1.807) is 0 Å². The maximum Gasteiger partial charge on any atom is 0.289 e. The predicted octanol–water partition coefficient (Wildman–Crippen LogP) is 3.79. The summed E-state index contributed by atoms with van der Waals surface area (Å²) < 4.78 is 27.5. The molecule has 5 rings (SSSR count). The van der Waals surface area contributed by atoms with Gasteiger partial charge in [-0.15, -0.1) is 0 Å². The lowest BCUT2D eigenvalue weighted by atomic mass is 9.49. The van der Waals surface area contributed by atoms with Crippen LogP contribution in [0.25, 0.3) is 0 Å². The van der Waals surface area contributed by atoms with Crippen LogP contribution in [0.2, 0.25) is 5.02 Å². The minimum atomic E-state index is -3.87. The molecule has 36 heavy (non-hydrogen) atoms. The van der Waals surface area contributed by atoms with Gasteiger partial charge in [-0.2, -0.15) is 4.31 Å². The summed E-state index contributed by atoms with van der Waals surface area (Å²) in [4.78, 5) is 27.2. The summed E-state index contributed by atoms with van der Waals surface area (Å²) in [6, 6.07) is 3.56. The molecule has 1 aliphatic heterocycles. The molecule has 0 N–H and O–H groups in total. The molecule has 2 unspecified atom stereocenters. The van der Waals surface area contributed by atoms with Crippen molar-refractivity contribution in [2.75, 3.05) is 45.8 Å². The fourth-order valence-corrected chi connectivity index (χ4v) is 7.42. The van der Waals surface area contributed by atoms with Crippen LogP contribution in [0.1, 0.15) is 40.0 Å². The number of carbonyl (C=O) groups is 1. The Morgan fingerprint density at radius 3 is 2.53 bits per heavy atom. The van der Waals surface area contributed by atoms with Gasteiger partial charge in [0, 0.05) is 58.3 Å². The first-order chi connectivity index (χ1) is 16.9. The van der Waals surface area contributed by atoms with Crippen LogP contribution in [0.4, 0.5) is 5.69 Å². The molecule has 198 valence electrons. The molecule has 4 aliphatic rings. The summed E-state index contributed by atoms with van der Waals surface area (Å²) in [5.74, 6) is 1.45. The third-order valence-corrected chi connectivity index (χ3v) is 10.6. The number of hydrogen-bond donors (Lipinski definition) is 0. The molecule has 0 spiro atoms. The molecular weight excluding hydrogens is 504 g/mol. The van der Waals surface area contributed by atoms with E-state index in [0.29, 0.717) is 50.5 Å². The lowest BCUT2D eigenvalue weighted by Crippen LogP contribution is -2.52. The van der Waals surface area contributed by atoms with Crippen LogP contribution < -0.4 is 0 Å². The Labute approximate surface area is 218 Å². The van der Waals surface area contributed by atoms with Gasteiger partial charge in [0.1, 0.15) is 5.02 Å². The highest BCUT2D eigenvalue weighted by Gasteiger charge is 2.51. The Balaban J connectivity index is 1.34. The zero-order chi connectivity index (χ0) is 26.3. The molecule has 1 saturated heterocycles. The van der Waals surface area contributed by atoms with Crippen molar-refractivity contribution in [3.05, 3.63) is 45.0 Å². The molecule has 2 atom stereocenters. The van der Waals surface area contributed by atoms with Crippen molar-refractivity contribution in [1.29, 1.82) is 0 Å². The number of nitro groups is 1. The van der Waals surface area contributed by atoms with Gasteiger partial charge in [0.2, 0.25) is 15.9 Å². The van der Waals surface area contributed by atoms with Gasteiger partial charge in [0.15, 0.2) is 0 Å². The molecule has 9 nitrogen and oxygen atoms in total. The molecule has 1 aromatic carbocycles. The predicted molar refractivity (Wildman–Crippen MR) is 138 cm³/mol. The summed E-state index contributed by atoms with van der Waals surface area (Å²) in [6.07, 6.45) is 5.12. The Bertz CT molecular complexity index is 1160. The first-order valence-corrected chi connectivity index (χ1v) is 14.4. The van der Waals surface area contributed by atoms with E-state index in [1.807, 2.05) is 11.8 Å². The van der Waals surface area contributed by atoms with Crippen LogP contribution in [-0.4, -0.2) is 79.2 Å². The molecule has 2 bridgehead atoms. The zero-order valence-electron chi connectivity index (χ0n) is 21.2. The normalized spacial score (nSPS) is 24.1. The van der Waals surface area contributed by atoms with Crippen molar-refractivity contribution < 1.29 is 18.1 Å². The minimum Gasteiger partial charge on any atom is -0.337 e.